The van der Waals surface area contributed by atoms with Gasteiger partial charge in [-0.2, -0.15) is 4.89 Å². The lowest BCUT2D eigenvalue weighted by Crippen LogP contribution is -2.37. The van der Waals surface area contributed by atoms with Gasteiger partial charge in [0, 0.05) is 20.4 Å². The van der Waals surface area contributed by atoms with Crippen LogP contribution >= 0.6 is 8.03 Å². The van der Waals surface area contributed by atoms with Crippen molar-refractivity contribution in [3.63, 3.8) is 0 Å². The third kappa shape index (κ3) is 3.36. The molecule has 0 aromatic carbocycles. The van der Waals surface area contributed by atoms with E-state index in [-0.39, 0.29) is 0 Å². The first-order chi connectivity index (χ1) is 5.96. The first-order valence-electron chi connectivity index (χ1n) is 4.24. The second-order valence-electron chi connectivity index (χ2n) is 3.33. The fourth-order valence-corrected chi connectivity index (χ4v) is 1.15. The summed E-state index contributed by atoms with van der Waals surface area (Å²) in [6, 6.07) is 0. The second-order valence-corrected chi connectivity index (χ2v) is 4.97. The van der Waals surface area contributed by atoms with Crippen LogP contribution in [0, 0.1) is 4.91 Å². The van der Waals surface area contributed by atoms with Crippen LogP contribution < -0.4 is 0 Å². The summed E-state index contributed by atoms with van der Waals surface area (Å²) in [6.07, 6.45) is 1.71. The first kappa shape index (κ1) is 12.5. The third-order valence-corrected chi connectivity index (χ3v) is 3.09. The third-order valence-electron chi connectivity index (χ3n) is 1.92. The molecule has 0 saturated carbocycles. The van der Waals surface area contributed by atoms with Gasteiger partial charge in [0.15, 0.2) is 0 Å². The van der Waals surface area contributed by atoms with Gasteiger partial charge >= 0.3 is 8.03 Å². The molecule has 6 heteroatoms. The summed E-state index contributed by atoms with van der Waals surface area (Å²) in [5, 5.41) is 2.83. The molecule has 5 nitrogen and oxygen atoms in total. The lowest BCUT2D eigenvalue weighted by Gasteiger charge is -2.21. The molecule has 0 radical (unpaired) electrons. The van der Waals surface area contributed by atoms with Gasteiger partial charge in [0.25, 0.3) is 5.28 Å². The quantitative estimate of drug-likeness (QED) is 0.412. The minimum Gasteiger partial charge on any atom is -0.208 e. The lowest BCUT2D eigenvalue weighted by atomic mass is 10.3. The van der Waals surface area contributed by atoms with Crippen LogP contribution in [-0.4, -0.2) is 21.7 Å². The van der Waals surface area contributed by atoms with Gasteiger partial charge in [-0.25, -0.2) is 5.01 Å². The minimum absolute atomic E-state index is 0.425. The summed E-state index contributed by atoms with van der Waals surface area (Å²) < 4.78 is 10.9. The Morgan fingerprint density at radius 3 is 2.38 bits per heavy atom. The van der Waals surface area contributed by atoms with Crippen LogP contribution in [0.2, 0.25) is 0 Å². The van der Waals surface area contributed by atoms with E-state index in [2.05, 4.69) is 5.29 Å². The minimum atomic E-state index is -2.42. The van der Waals surface area contributed by atoms with Gasteiger partial charge in [-0.05, 0) is 11.0 Å². The number of nitroso groups, excluding NO2 is 1. The van der Waals surface area contributed by atoms with Crippen LogP contribution in [0.5, 0.6) is 0 Å². The second kappa shape index (κ2) is 5.25. The molecule has 0 spiro atoms. The normalized spacial score (nSPS) is 12.5. The molecular weight excluding hydrogens is 191 g/mol. The number of hydrogen-bond acceptors (Lipinski definition) is 3. The Morgan fingerprint density at radius 2 is 2.08 bits per heavy atom. The van der Waals surface area contributed by atoms with Crippen molar-refractivity contribution >= 4 is 8.03 Å². The molecule has 0 aliphatic rings. The van der Waals surface area contributed by atoms with Crippen molar-refractivity contribution in [3.8, 4) is 0 Å². The monoisotopic (exact) mass is 207 g/mol. The van der Waals surface area contributed by atoms with E-state index in [4.69, 9.17) is 4.89 Å². The van der Waals surface area contributed by atoms with E-state index >= 15 is 0 Å². The Labute approximate surface area is 78.9 Å². The fraction of sp³-hybridized carbons (Fsp3) is 1.00. The predicted molar refractivity (Wildman–Crippen MR) is 51.3 cm³/mol. The van der Waals surface area contributed by atoms with E-state index in [1.165, 1.54) is 13.8 Å². The lowest BCUT2D eigenvalue weighted by molar-refractivity contribution is 0.179. The van der Waals surface area contributed by atoms with Crippen LogP contribution in [0.25, 0.3) is 0 Å². The highest BCUT2D eigenvalue weighted by molar-refractivity contribution is 7.39. The van der Waals surface area contributed by atoms with E-state index in [9.17, 15) is 9.47 Å². The molecule has 1 unspecified atom stereocenters. The zero-order chi connectivity index (χ0) is 10.5. The van der Waals surface area contributed by atoms with Gasteiger partial charge in [0.2, 0.25) is 0 Å². The summed E-state index contributed by atoms with van der Waals surface area (Å²) in [5.74, 6) is 0. The first-order valence-corrected chi connectivity index (χ1v) is 5.45. The molecule has 0 rings (SSSR count). The molecule has 76 valence electrons. The molecule has 0 aromatic rings. The maximum Gasteiger partial charge on any atom is 0.535 e. The SMILES string of the molecule is CCCCN(N=O)C(C)(C)[P+](=O)O. The van der Waals surface area contributed by atoms with E-state index in [1.54, 1.807) is 0 Å². The Hall–Kier alpha value is -0.540. The van der Waals surface area contributed by atoms with Crippen LogP contribution in [0.3, 0.4) is 0 Å². The van der Waals surface area contributed by atoms with Gasteiger partial charge in [0.05, 0.1) is 5.29 Å². The highest BCUT2D eigenvalue weighted by Gasteiger charge is 2.45. The zero-order valence-corrected chi connectivity index (χ0v) is 9.12. The standard InChI is InChI=1S/C7H15N2O3P/c1-4-5-6-9(8-10)7(2,3)13(11)12/h4-6H2,1-3H3/p+1. The maximum atomic E-state index is 10.9. The number of rotatable bonds is 6. The molecule has 0 aliphatic heterocycles. The van der Waals surface area contributed by atoms with Crippen molar-refractivity contribution < 1.29 is 9.46 Å². The maximum absolute atomic E-state index is 10.9. The van der Waals surface area contributed by atoms with E-state index in [0.717, 1.165) is 17.9 Å². The van der Waals surface area contributed by atoms with Crippen molar-refractivity contribution in [1.29, 1.82) is 0 Å². The van der Waals surface area contributed by atoms with Crippen molar-refractivity contribution in [2.45, 2.75) is 38.9 Å². The van der Waals surface area contributed by atoms with E-state index < -0.39 is 13.3 Å². The highest BCUT2D eigenvalue weighted by Crippen LogP contribution is 2.37. The Morgan fingerprint density at radius 1 is 1.54 bits per heavy atom. The molecule has 0 fully saturated rings. The molecule has 1 N–H and O–H groups in total. The number of unbranched alkanes of at least 4 members (excludes halogenated alkanes) is 1. The van der Waals surface area contributed by atoms with Gasteiger partial charge < -0.3 is 0 Å². The summed E-state index contributed by atoms with van der Waals surface area (Å²) in [5.41, 5.74) is 0. The van der Waals surface area contributed by atoms with Gasteiger partial charge in [0.1, 0.15) is 0 Å². The van der Waals surface area contributed by atoms with Gasteiger partial charge in [-0.15, -0.1) is 4.91 Å². The highest BCUT2D eigenvalue weighted by atomic mass is 31.1. The fourth-order valence-electron chi connectivity index (χ4n) is 0.821. The molecule has 0 saturated heterocycles. The summed E-state index contributed by atoms with van der Waals surface area (Å²) >= 11 is 0. The molecule has 0 amide bonds. The van der Waals surface area contributed by atoms with Crippen LogP contribution in [0.4, 0.5) is 0 Å². The Kier molecular flexibility index (Phi) is 5.03. The molecular formula is C7H16N2O3P+. The van der Waals surface area contributed by atoms with Crippen molar-refractivity contribution in [2.75, 3.05) is 6.54 Å². The number of nitrogens with zero attached hydrogens (tertiary/aromatic N) is 2. The van der Waals surface area contributed by atoms with Crippen LogP contribution in [0.1, 0.15) is 33.6 Å². The van der Waals surface area contributed by atoms with Crippen LogP contribution in [-0.2, 0) is 4.57 Å². The van der Waals surface area contributed by atoms with Crippen molar-refractivity contribution in [2.24, 2.45) is 5.29 Å². The van der Waals surface area contributed by atoms with Gasteiger partial charge in [-0.1, -0.05) is 13.3 Å². The van der Waals surface area contributed by atoms with E-state index in [1.807, 2.05) is 6.92 Å². The average molecular weight is 207 g/mol. The summed E-state index contributed by atoms with van der Waals surface area (Å²) in [4.78, 5) is 19.3. The molecule has 13 heavy (non-hydrogen) atoms. The molecule has 0 bridgehead atoms. The number of hydrogen-bond donors (Lipinski definition) is 1. The smallest absolute Gasteiger partial charge is 0.208 e. The van der Waals surface area contributed by atoms with Gasteiger partial charge in [-0.3, -0.25) is 0 Å². The molecule has 1 atom stereocenters. The Bertz CT molecular complexity index is 196. The van der Waals surface area contributed by atoms with Crippen LogP contribution in [0.15, 0.2) is 5.29 Å². The summed E-state index contributed by atoms with van der Waals surface area (Å²) in [7, 11) is -2.42. The molecule has 0 aromatic heterocycles. The van der Waals surface area contributed by atoms with Crippen molar-refractivity contribution in [1.82, 2.24) is 5.01 Å². The zero-order valence-electron chi connectivity index (χ0n) is 8.23. The molecule has 0 heterocycles. The predicted octanol–water partition coefficient (Wildman–Crippen LogP) is 2.24. The average Bonchev–Trinajstić information content (AvgIpc) is 2.05. The van der Waals surface area contributed by atoms with E-state index in [0.29, 0.717) is 6.54 Å². The largest absolute Gasteiger partial charge is 0.535 e. The summed E-state index contributed by atoms with van der Waals surface area (Å²) in [6.45, 7) is 5.47. The van der Waals surface area contributed by atoms with Crippen molar-refractivity contribution in [3.05, 3.63) is 4.91 Å². The topological polar surface area (TPSA) is 70.0 Å². The Balaban J connectivity index is 4.37. The molecule has 0 aliphatic carbocycles.